The highest BCUT2D eigenvalue weighted by Gasteiger charge is 2.53. The van der Waals surface area contributed by atoms with Crippen LogP contribution in [0.1, 0.15) is 54.6 Å². The molecule has 0 radical (unpaired) electrons. The zero-order valence-corrected chi connectivity index (χ0v) is 21.6. The van der Waals surface area contributed by atoms with Crippen LogP contribution in [0.2, 0.25) is 0 Å². The number of hydrogen-bond acceptors (Lipinski definition) is 5. The predicted molar refractivity (Wildman–Crippen MR) is 142 cm³/mol. The van der Waals surface area contributed by atoms with Crippen LogP contribution in [0.5, 0.6) is 5.75 Å². The lowest BCUT2D eigenvalue weighted by molar-refractivity contribution is -0.00828. The minimum atomic E-state index is 0.0890. The second-order valence-corrected chi connectivity index (χ2v) is 11.7. The molecule has 192 valence electrons. The van der Waals surface area contributed by atoms with Gasteiger partial charge < -0.3 is 14.5 Å². The number of anilines is 1. The molecule has 4 bridgehead atoms. The topological polar surface area (TPSA) is 63.5 Å². The molecule has 1 aromatic heterocycles. The largest absolute Gasteiger partial charge is 0.495 e. The number of carbonyl (C=O) groups is 1. The number of para-hydroxylation sites is 2. The highest BCUT2D eigenvalue weighted by atomic mass is 16.5. The normalized spacial score (nSPS) is 28.5. The summed E-state index contributed by atoms with van der Waals surface area (Å²) in [7, 11) is 1.70. The molecule has 0 N–H and O–H groups in total. The van der Waals surface area contributed by atoms with Crippen LogP contribution < -0.4 is 9.64 Å². The van der Waals surface area contributed by atoms with Gasteiger partial charge in [-0.2, -0.15) is 0 Å². The molecule has 7 nitrogen and oxygen atoms in total. The van der Waals surface area contributed by atoms with E-state index in [4.69, 9.17) is 4.74 Å². The number of hydrogen-bond donors (Lipinski definition) is 0. The first kappa shape index (κ1) is 22.8. The Hall–Kier alpha value is -3.35. The van der Waals surface area contributed by atoms with Crippen LogP contribution in [-0.2, 0) is 5.41 Å². The van der Waals surface area contributed by atoms with Crippen molar-refractivity contribution >= 4 is 11.6 Å². The highest BCUT2D eigenvalue weighted by Crippen LogP contribution is 2.60. The monoisotopic (exact) mass is 497 g/mol. The van der Waals surface area contributed by atoms with Gasteiger partial charge in [0.05, 0.1) is 30.4 Å². The number of rotatable bonds is 5. The molecule has 3 aromatic rings. The van der Waals surface area contributed by atoms with Crippen LogP contribution in [0.15, 0.2) is 54.7 Å². The SMILES string of the molecule is COc1ccccc1N1CCN(C(=O)c2ccc(-n3nncc3C34CC5CC(CC(C5)C3)C4)cc2)CC1. The Morgan fingerprint density at radius 1 is 0.892 bits per heavy atom. The Bertz CT molecular complexity index is 1260. The first-order valence-electron chi connectivity index (χ1n) is 13.8. The zero-order valence-electron chi connectivity index (χ0n) is 21.6. The minimum absolute atomic E-state index is 0.0890. The van der Waals surface area contributed by atoms with Crippen LogP contribution in [0.4, 0.5) is 5.69 Å². The summed E-state index contributed by atoms with van der Waals surface area (Å²) in [6.45, 7) is 2.96. The number of aromatic nitrogens is 3. The maximum absolute atomic E-state index is 13.3. The van der Waals surface area contributed by atoms with Crippen molar-refractivity contribution in [2.45, 2.75) is 43.9 Å². The molecule has 7 heteroatoms. The van der Waals surface area contributed by atoms with Crippen molar-refractivity contribution in [2.24, 2.45) is 17.8 Å². The molecule has 5 aliphatic rings. The van der Waals surface area contributed by atoms with E-state index in [0.29, 0.717) is 13.1 Å². The quantitative estimate of drug-likeness (QED) is 0.511. The fourth-order valence-electron chi connectivity index (χ4n) is 8.18. The fraction of sp³-hybridized carbons (Fsp3) is 0.500. The molecule has 4 aliphatic carbocycles. The zero-order chi connectivity index (χ0) is 25.0. The van der Waals surface area contributed by atoms with Gasteiger partial charge in [-0.1, -0.05) is 17.3 Å². The van der Waals surface area contributed by atoms with Crippen molar-refractivity contribution in [3.63, 3.8) is 0 Å². The van der Waals surface area contributed by atoms with Crippen molar-refractivity contribution in [1.29, 1.82) is 0 Å². The van der Waals surface area contributed by atoms with E-state index in [1.54, 1.807) is 7.11 Å². The second kappa shape index (κ2) is 8.89. The van der Waals surface area contributed by atoms with E-state index in [-0.39, 0.29) is 11.3 Å². The maximum Gasteiger partial charge on any atom is 0.253 e. The Kier molecular flexibility index (Phi) is 5.48. The van der Waals surface area contributed by atoms with Gasteiger partial charge in [0.25, 0.3) is 5.91 Å². The summed E-state index contributed by atoms with van der Waals surface area (Å²) in [6, 6.07) is 16.1. The van der Waals surface area contributed by atoms with Crippen molar-refractivity contribution in [3.05, 3.63) is 66.0 Å². The Morgan fingerprint density at radius 3 is 2.19 bits per heavy atom. The summed E-state index contributed by atoms with van der Waals surface area (Å²) < 4.78 is 7.58. The molecular formula is C30H35N5O2. The van der Waals surface area contributed by atoms with E-state index >= 15 is 0 Å². The molecule has 8 rings (SSSR count). The number of amides is 1. The standard InChI is InChI=1S/C30H35N5O2/c1-37-27-5-3-2-4-26(27)33-10-12-34(13-11-33)29(36)24-6-8-25(9-7-24)35-28(20-31-32-35)30-17-21-14-22(18-30)16-23(15-21)19-30/h2-9,20-23H,10-19H2,1H3. The van der Waals surface area contributed by atoms with Crippen molar-refractivity contribution in [2.75, 3.05) is 38.2 Å². The van der Waals surface area contributed by atoms with Gasteiger partial charge in [0.2, 0.25) is 0 Å². The third-order valence-electron chi connectivity index (χ3n) is 9.48. The Morgan fingerprint density at radius 2 is 1.54 bits per heavy atom. The van der Waals surface area contributed by atoms with E-state index in [9.17, 15) is 4.79 Å². The molecule has 1 aliphatic heterocycles. The van der Waals surface area contributed by atoms with Crippen molar-refractivity contribution in [3.8, 4) is 11.4 Å². The Balaban J connectivity index is 1.06. The predicted octanol–water partition coefficient (Wildman–Crippen LogP) is 4.71. The van der Waals surface area contributed by atoms with Gasteiger partial charge in [-0.3, -0.25) is 4.79 Å². The third-order valence-corrected chi connectivity index (χ3v) is 9.48. The molecule has 1 saturated heterocycles. The highest BCUT2D eigenvalue weighted by molar-refractivity contribution is 5.94. The lowest BCUT2D eigenvalue weighted by atomic mass is 9.49. The third kappa shape index (κ3) is 3.90. The molecule has 0 unspecified atom stereocenters. The summed E-state index contributed by atoms with van der Waals surface area (Å²) in [5.41, 5.74) is 4.32. The first-order valence-corrected chi connectivity index (χ1v) is 13.8. The molecule has 4 saturated carbocycles. The first-order chi connectivity index (χ1) is 18.1. The summed E-state index contributed by atoms with van der Waals surface area (Å²) in [4.78, 5) is 17.6. The van der Waals surface area contributed by atoms with Gasteiger partial charge in [-0.05, 0) is 92.7 Å². The Labute approximate surface area is 218 Å². The number of carbonyl (C=O) groups excluding carboxylic acids is 1. The summed E-state index contributed by atoms with van der Waals surface area (Å²) in [5, 5.41) is 8.87. The number of methoxy groups -OCH3 is 1. The maximum atomic E-state index is 13.3. The van der Waals surface area contributed by atoms with Gasteiger partial charge in [0.15, 0.2) is 0 Å². The lowest BCUT2D eigenvalue weighted by Crippen LogP contribution is -2.49. The smallest absolute Gasteiger partial charge is 0.253 e. The number of nitrogens with zero attached hydrogens (tertiary/aromatic N) is 5. The van der Waals surface area contributed by atoms with Crippen LogP contribution in [0, 0.1) is 17.8 Å². The van der Waals surface area contributed by atoms with E-state index in [0.717, 1.165) is 53.5 Å². The van der Waals surface area contributed by atoms with Gasteiger partial charge >= 0.3 is 0 Å². The minimum Gasteiger partial charge on any atom is -0.495 e. The number of benzene rings is 2. The lowest BCUT2D eigenvalue weighted by Gasteiger charge is -2.56. The summed E-state index contributed by atoms with van der Waals surface area (Å²) in [6.07, 6.45) is 10.1. The van der Waals surface area contributed by atoms with Crippen molar-refractivity contribution in [1.82, 2.24) is 19.9 Å². The van der Waals surface area contributed by atoms with E-state index < -0.39 is 0 Å². The van der Waals surface area contributed by atoms with Crippen molar-refractivity contribution < 1.29 is 9.53 Å². The molecular weight excluding hydrogens is 462 g/mol. The van der Waals surface area contributed by atoms with Crippen LogP contribution >= 0.6 is 0 Å². The average Bonchev–Trinajstić information content (AvgIpc) is 3.43. The van der Waals surface area contributed by atoms with E-state index in [2.05, 4.69) is 21.3 Å². The fourth-order valence-corrected chi connectivity index (χ4v) is 8.18. The second-order valence-electron chi connectivity index (χ2n) is 11.7. The van der Waals surface area contributed by atoms with Crippen LogP contribution in [-0.4, -0.2) is 59.1 Å². The van der Waals surface area contributed by atoms with E-state index in [1.807, 2.05) is 58.2 Å². The van der Waals surface area contributed by atoms with Gasteiger partial charge in [-0.15, -0.1) is 5.10 Å². The summed E-state index contributed by atoms with van der Waals surface area (Å²) >= 11 is 0. The molecule has 1 amide bonds. The van der Waals surface area contributed by atoms with Crippen LogP contribution in [0.3, 0.4) is 0 Å². The molecule has 0 spiro atoms. The van der Waals surface area contributed by atoms with E-state index in [1.165, 1.54) is 44.2 Å². The number of ether oxygens (including phenoxy) is 1. The molecule has 5 fully saturated rings. The average molecular weight is 498 g/mol. The van der Waals surface area contributed by atoms with Gasteiger partial charge in [-0.25, -0.2) is 4.68 Å². The molecule has 0 atom stereocenters. The number of piperazine rings is 1. The van der Waals surface area contributed by atoms with Crippen LogP contribution in [0.25, 0.3) is 5.69 Å². The van der Waals surface area contributed by atoms with Gasteiger partial charge in [0.1, 0.15) is 5.75 Å². The summed E-state index contributed by atoms with van der Waals surface area (Å²) in [5.74, 6) is 3.58. The molecule has 2 heterocycles. The molecule has 2 aromatic carbocycles. The van der Waals surface area contributed by atoms with Gasteiger partial charge in [0, 0.05) is 37.2 Å². The molecule has 37 heavy (non-hydrogen) atoms.